The van der Waals surface area contributed by atoms with Crippen LogP contribution in [0.4, 0.5) is 5.69 Å². The Kier molecular flexibility index (Phi) is 5.16. The van der Waals surface area contributed by atoms with E-state index in [1.807, 2.05) is 61.5 Å². The average molecular weight is 389 g/mol. The molecule has 1 fully saturated rings. The zero-order valence-corrected chi connectivity index (χ0v) is 16.3. The van der Waals surface area contributed by atoms with Gasteiger partial charge in [-0.2, -0.15) is 0 Å². The predicted octanol–water partition coefficient (Wildman–Crippen LogP) is 2.55. The molecule has 2 aromatic carbocycles. The van der Waals surface area contributed by atoms with Crippen LogP contribution in [-0.2, 0) is 16.0 Å². The van der Waals surface area contributed by atoms with Crippen molar-refractivity contribution < 1.29 is 9.59 Å². The maximum Gasteiger partial charge on any atom is 0.251 e. The number of fused-ring (bicyclic) bond motifs is 1. The summed E-state index contributed by atoms with van der Waals surface area (Å²) >= 11 is 0. The summed E-state index contributed by atoms with van der Waals surface area (Å²) in [4.78, 5) is 41.6. The molecule has 4 rings (SSSR count). The Morgan fingerprint density at radius 3 is 2.72 bits per heavy atom. The van der Waals surface area contributed by atoms with Gasteiger partial charge in [-0.3, -0.25) is 14.4 Å². The molecule has 0 bridgehead atoms. The van der Waals surface area contributed by atoms with Crippen molar-refractivity contribution in [3.63, 3.8) is 0 Å². The van der Waals surface area contributed by atoms with Gasteiger partial charge >= 0.3 is 0 Å². The maximum absolute atomic E-state index is 12.5. The first-order valence-electron chi connectivity index (χ1n) is 9.77. The fourth-order valence-corrected chi connectivity index (χ4v) is 3.76. The Labute approximate surface area is 168 Å². The van der Waals surface area contributed by atoms with E-state index >= 15 is 0 Å². The highest BCUT2D eigenvalue weighted by Gasteiger charge is 2.34. The van der Waals surface area contributed by atoms with Crippen molar-refractivity contribution >= 4 is 28.4 Å². The van der Waals surface area contributed by atoms with Gasteiger partial charge in [0.15, 0.2) is 0 Å². The number of aromatic nitrogens is 1. The Bertz CT molecular complexity index is 1120. The zero-order chi connectivity index (χ0) is 20.4. The second-order valence-electron chi connectivity index (χ2n) is 7.50. The van der Waals surface area contributed by atoms with E-state index in [1.54, 1.807) is 4.90 Å². The predicted molar refractivity (Wildman–Crippen MR) is 113 cm³/mol. The van der Waals surface area contributed by atoms with Gasteiger partial charge in [-0.25, -0.2) is 0 Å². The highest BCUT2D eigenvalue weighted by molar-refractivity contribution is 6.00. The summed E-state index contributed by atoms with van der Waals surface area (Å²) in [6.07, 6.45) is 0.643. The van der Waals surface area contributed by atoms with Crippen molar-refractivity contribution in [1.82, 2.24) is 10.3 Å². The van der Waals surface area contributed by atoms with Gasteiger partial charge in [0, 0.05) is 36.3 Å². The fourth-order valence-electron chi connectivity index (χ4n) is 3.76. The minimum absolute atomic E-state index is 0.0438. The Balaban J connectivity index is 1.37. The lowest BCUT2D eigenvalue weighted by Gasteiger charge is -2.16. The molecule has 2 amide bonds. The summed E-state index contributed by atoms with van der Waals surface area (Å²) in [5.41, 5.74) is 3.24. The second-order valence-corrected chi connectivity index (χ2v) is 7.50. The SMILES string of the molecule is Cc1ccc2[nH]c(=O)c(CCNC(=O)C3CC(=O)N(c4ccccc4)C3)cc2c1. The summed E-state index contributed by atoms with van der Waals surface area (Å²) < 4.78 is 0. The molecule has 1 unspecified atom stereocenters. The summed E-state index contributed by atoms with van der Waals surface area (Å²) in [6.45, 7) is 2.74. The summed E-state index contributed by atoms with van der Waals surface area (Å²) in [6, 6.07) is 17.1. The monoisotopic (exact) mass is 389 g/mol. The maximum atomic E-state index is 12.5. The fraction of sp³-hybridized carbons (Fsp3) is 0.261. The van der Waals surface area contributed by atoms with E-state index in [2.05, 4.69) is 10.3 Å². The van der Waals surface area contributed by atoms with Crippen LogP contribution in [0.3, 0.4) is 0 Å². The average Bonchev–Trinajstić information content (AvgIpc) is 3.11. The van der Waals surface area contributed by atoms with Gasteiger partial charge < -0.3 is 15.2 Å². The molecular weight excluding hydrogens is 366 g/mol. The van der Waals surface area contributed by atoms with E-state index in [4.69, 9.17) is 0 Å². The molecule has 6 heteroatoms. The van der Waals surface area contributed by atoms with Gasteiger partial charge in [0.2, 0.25) is 11.8 Å². The lowest BCUT2D eigenvalue weighted by atomic mass is 10.1. The molecule has 3 aromatic rings. The number of para-hydroxylation sites is 1. The molecule has 0 spiro atoms. The molecule has 2 heterocycles. The first-order valence-corrected chi connectivity index (χ1v) is 9.77. The van der Waals surface area contributed by atoms with Crippen LogP contribution in [0.1, 0.15) is 17.5 Å². The second kappa shape index (κ2) is 7.91. The molecule has 6 nitrogen and oxygen atoms in total. The Morgan fingerprint density at radius 1 is 1.14 bits per heavy atom. The molecule has 1 aromatic heterocycles. The first kappa shape index (κ1) is 18.9. The minimum Gasteiger partial charge on any atom is -0.355 e. The van der Waals surface area contributed by atoms with Crippen LogP contribution in [0.15, 0.2) is 59.4 Å². The number of nitrogens with zero attached hydrogens (tertiary/aromatic N) is 1. The van der Waals surface area contributed by atoms with Crippen LogP contribution in [0.2, 0.25) is 0 Å². The molecule has 0 aliphatic carbocycles. The first-order chi connectivity index (χ1) is 14.0. The van der Waals surface area contributed by atoms with Crippen molar-refractivity contribution in [2.45, 2.75) is 19.8 Å². The van der Waals surface area contributed by atoms with E-state index < -0.39 is 0 Å². The normalized spacial score (nSPS) is 16.4. The van der Waals surface area contributed by atoms with Crippen LogP contribution in [0, 0.1) is 12.8 Å². The van der Waals surface area contributed by atoms with Crippen LogP contribution in [0.5, 0.6) is 0 Å². The molecule has 1 atom stereocenters. The summed E-state index contributed by atoms with van der Waals surface area (Å²) in [5.74, 6) is -0.567. The van der Waals surface area contributed by atoms with Crippen molar-refractivity contribution in [2.24, 2.45) is 5.92 Å². The van der Waals surface area contributed by atoms with Gasteiger partial charge in [0.25, 0.3) is 5.56 Å². The van der Waals surface area contributed by atoms with Crippen LogP contribution >= 0.6 is 0 Å². The Hall–Kier alpha value is -3.41. The minimum atomic E-state index is -0.375. The standard InChI is InChI=1S/C23H23N3O3/c1-15-7-8-20-17(11-15)12-16(23(29)25-20)9-10-24-22(28)18-13-21(27)26(14-18)19-5-3-2-4-6-19/h2-8,11-12,18H,9-10,13-14H2,1H3,(H,24,28)(H,25,29). The number of carbonyl (C=O) groups excluding carboxylic acids is 2. The number of benzene rings is 2. The van der Waals surface area contributed by atoms with E-state index in [9.17, 15) is 14.4 Å². The van der Waals surface area contributed by atoms with Crippen LogP contribution in [0.25, 0.3) is 10.9 Å². The lowest BCUT2D eigenvalue weighted by Crippen LogP contribution is -2.34. The van der Waals surface area contributed by atoms with E-state index in [1.165, 1.54) is 0 Å². The van der Waals surface area contributed by atoms with Gasteiger partial charge in [0.1, 0.15) is 0 Å². The smallest absolute Gasteiger partial charge is 0.251 e. The number of amides is 2. The number of H-pyrrole nitrogens is 1. The quantitative estimate of drug-likeness (QED) is 0.704. The highest BCUT2D eigenvalue weighted by atomic mass is 16.2. The number of nitrogens with one attached hydrogen (secondary N) is 2. The van der Waals surface area contributed by atoms with Crippen molar-refractivity contribution in [2.75, 3.05) is 18.0 Å². The lowest BCUT2D eigenvalue weighted by molar-refractivity contribution is -0.126. The van der Waals surface area contributed by atoms with E-state index in [0.29, 0.717) is 25.1 Å². The molecule has 1 aliphatic rings. The number of hydrogen-bond acceptors (Lipinski definition) is 3. The van der Waals surface area contributed by atoms with E-state index in [0.717, 1.165) is 22.2 Å². The summed E-state index contributed by atoms with van der Waals surface area (Å²) in [5, 5.41) is 3.86. The highest BCUT2D eigenvalue weighted by Crippen LogP contribution is 2.24. The van der Waals surface area contributed by atoms with Gasteiger partial charge in [-0.05, 0) is 49.1 Å². The van der Waals surface area contributed by atoms with Crippen LogP contribution < -0.4 is 15.8 Å². The number of aromatic amines is 1. The molecule has 2 N–H and O–H groups in total. The number of rotatable bonds is 5. The molecule has 0 saturated carbocycles. The van der Waals surface area contributed by atoms with Crippen molar-refractivity contribution in [3.8, 4) is 0 Å². The molecule has 29 heavy (non-hydrogen) atoms. The van der Waals surface area contributed by atoms with Gasteiger partial charge in [0.05, 0.1) is 5.92 Å². The number of hydrogen-bond donors (Lipinski definition) is 2. The number of anilines is 1. The van der Waals surface area contributed by atoms with Gasteiger partial charge in [-0.1, -0.05) is 29.8 Å². The topological polar surface area (TPSA) is 82.3 Å². The number of carbonyl (C=O) groups is 2. The van der Waals surface area contributed by atoms with E-state index in [-0.39, 0.29) is 29.7 Å². The molecule has 1 aliphatic heterocycles. The van der Waals surface area contributed by atoms with Crippen molar-refractivity contribution in [1.29, 1.82) is 0 Å². The summed E-state index contributed by atoms with van der Waals surface area (Å²) in [7, 11) is 0. The van der Waals surface area contributed by atoms with Crippen molar-refractivity contribution in [3.05, 3.63) is 76.1 Å². The van der Waals surface area contributed by atoms with Gasteiger partial charge in [-0.15, -0.1) is 0 Å². The molecule has 1 saturated heterocycles. The van der Waals surface area contributed by atoms with Crippen LogP contribution in [-0.4, -0.2) is 29.9 Å². The number of aryl methyl sites for hydroxylation is 1. The molecular formula is C23H23N3O3. The number of pyridine rings is 1. The third-order valence-corrected chi connectivity index (χ3v) is 5.33. The largest absolute Gasteiger partial charge is 0.355 e. The molecule has 148 valence electrons. The third kappa shape index (κ3) is 4.06. The molecule has 0 radical (unpaired) electrons. The Morgan fingerprint density at radius 2 is 1.93 bits per heavy atom. The zero-order valence-electron chi connectivity index (χ0n) is 16.3. The third-order valence-electron chi connectivity index (χ3n) is 5.33.